The van der Waals surface area contributed by atoms with Gasteiger partial charge in [-0.2, -0.15) is 0 Å². The zero-order valence-corrected chi connectivity index (χ0v) is 23.0. The number of fused-ring (bicyclic) bond motifs is 1. The van der Waals surface area contributed by atoms with E-state index in [1.807, 2.05) is 27.0 Å². The van der Waals surface area contributed by atoms with Crippen molar-refractivity contribution < 1.29 is 14.7 Å². The summed E-state index contributed by atoms with van der Waals surface area (Å²) in [5, 5.41) is 10.9. The highest BCUT2D eigenvalue weighted by atomic mass is 16.3. The van der Waals surface area contributed by atoms with Crippen molar-refractivity contribution in [3.63, 3.8) is 0 Å². The minimum atomic E-state index is -0.602. The van der Waals surface area contributed by atoms with Crippen LogP contribution in [-0.2, 0) is 24.3 Å². The highest BCUT2D eigenvalue weighted by Crippen LogP contribution is 2.30. The molecular weight excluding hydrogens is 478 g/mol. The maximum atomic E-state index is 13.4. The normalized spacial score (nSPS) is 21.1. The van der Waals surface area contributed by atoms with Crippen LogP contribution in [0.1, 0.15) is 61.9 Å². The molecule has 1 aromatic heterocycles. The van der Waals surface area contributed by atoms with E-state index in [-0.39, 0.29) is 17.5 Å². The lowest BCUT2D eigenvalue weighted by atomic mass is 9.90. The SMILES string of the molecule is CC(=O)N1CCC(c2ccc(CN3CC(C)(C)N(CC(O)CN4CCc5ccccc5C4)C3=O)nc2)CC1. The number of carbonyl (C=O) groups excluding carboxylic acids is 2. The highest BCUT2D eigenvalue weighted by molar-refractivity contribution is 5.78. The van der Waals surface area contributed by atoms with Gasteiger partial charge in [-0.15, -0.1) is 0 Å². The number of carbonyl (C=O) groups is 2. The van der Waals surface area contributed by atoms with Crippen molar-refractivity contribution in [2.75, 3.05) is 39.3 Å². The Kier molecular flexibility index (Phi) is 7.73. The van der Waals surface area contributed by atoms with E-state index in [1.54, 1.807) is 6.92 Å². The summed E-state index contributed by atoms with van der Waals surface area (Å²) in [7, 11) is 0. The molecule has 2 saturated heterocycles. The van der Waals surface area contributed by atoms with E-state index in [0.29, 0.717) is 32.1 Å². The largest absolute Gasteiger partial charge is 0.390 e. The molecule has 1 unspecified atom stereocenters. The van der Waals surface area contributed by atoms with Gasteiger partial charge in [-0.3, -0.25) is 14.7 Å². The molecule has 4 heterocycles. The Morgan fingerprint density at radius 1 is 1.08 bits per heavy atom. The van der Waals surface area contributed by atoms with Gasteiger partial charge in [0.05, 0.1) is 30.4 Å². The minimum absolute atomic E-state index is 0.0412. The average Bonchev–Trinajstić information content (AvgIpc) is 3.11. The first-order valence-electron chi connectivity index (χ1n) is 13.9. The number of hydrogen-bond donors (Lipinski definition) is 1. The maximum absolute atomic E-state index is 13.4. The molecule has 0 bridgehead atoms. The van der Waals surface area contributed by atoms with Gasteiger partial charge >= 0.3 is 6.03 Å². The fourth-order valence-corrected chi connectivity index (χ4v) is 6.27. The molecule has 1 aromatic carbocycles. The van der Waals surface area contributed by atoms with Gasteiger partial charge in [0.2, 0.25) is 5.91 Å². The first kappa shape index (κ1) is 26.6. The lowest BCUT2D eigenvalue weighted by Crippen LogP contribution is -2.49. The van der Waals surface area contributed by atoms with Gasteiger partial charge in [-0.05, 0) is 61.8 Å². The standard InChI is InChI=1S/C30H41N5O3/c1-22(36)33-14-11-24(12-15-33)25-8-9-27(31-16-25)18-34-21-30(2,3)35(29(34)38)20-28(37)19-32-13-10-23-6-4-5-7-26(23)17-32/h4-9,16,24,28,37H,10-15,17-21H2,1-3H3. The number of piperidine rings is 1. The molecule has 38 heavy (non-hydrogen) atoms. The second kappa shape index (κ2) is 11.0. The van der Waals surface area contributed by atoms with Crippen LogP contribution >= 0.6 is 0 Å². The van der Waals surface area contributed by atoms with Gasteiger partial charge in [0.25, 0.3) is 0 Å². The number of aromatic nitrogens is 1. The van der Waals surface area contributed by atoms with Crippen LogP contribution in [0, 0.1) is 0 Å². The molecule has 204 valence electrons. The van der Waals surface area contributed by atoms with Crippen LogP contribution in [0.5, 0.6) is 0 Å². The van der Waals surface area contributed by atoms with E-state index in [0.717, 1.165) is 51.1 Å². The van der Waals surface area contributed by atoms with Crippen molar-refractivity contribution in [2.45, 2.75) is 70.7 Å². The number of aliphatic hydroxyl groups excluding tert-OH is 1. The van der Waals surface area contributed by atoms with Crippen molar-refractivity contribution in [1.82, 2.24) is 24.6 Å². The average molecular weight is 520 g/mol. The van der Waals surface area contributed by atoms with E-state index in [9.17, 15) is 14.7 Å². The van der Waals surface area contributed by atoms with E-state index < -0.39 is 6.10 Å². The van der Waals surface area contributed by atoms with Crippen LogP contribution < -0.4 is 0 Å². The third kappa shape index (κ3) is 5.86. The van der Waals surface area contributed by atoms with E-state index in [1.165, 1.54) is 16.7 Å². The number of β-amino-alcohol motifs (C(OH)–C–C–N with tert-alkyl or cyclic N) is 1. The minimum Gasteiger partial charge on any atom is -0.390 e. The Hall–Kier alpha value is -2.97. The Morgan fingerprint density at radius 2 is 1.82 bits per heavy atom. The second-order valence-electron chi connectivity index (χ2n) is 11.8. The Bertz CT molecular complexity index is 1140. The summed E-state index contributed by atoms with van der Waals surface area (Å²) in [6.45, 7) is 11.1. The van der Waals surface area contributed by atoms with Crippen molar-refractivity contribution in [2.24, 2.45) is 0 Å². The number of nitrogens with zero attached hydrogens (tertiary/aromatic N) is 5. The fraction of sp³-hybridized carbons (Fsp3) is 0.567. The molecule has 3 amide bonds. The summed E-state index contributed by atoms with van der Waals surface area (Å²) in [6.07, 6.45) is 4.25. The lowest BCUT2D eigenvalue weighted by Gasteiger charge is -2.34. The molecule has 2 aromatic rings. The van der Waals surface area contributed by atoms with Crippen LogP contribution in [-0.4, -0.2) is 92.5 Å². The van der Waals surface area contributed by atoms with Gasteiger partial charge in [0, 0.05) is 52.4 Å². The Morgan fingerprint density at radius 3 is 2.50 bits per heavy atom. The van der Waals surface area contributed by atoms with Crippen LogP contribution in [0.2, 0.25) is 0 Å². The van der Waals surface area contributed by atoms with Gasteiger partial charge in [-0.1, -0.05) is 30.3 Å². The van der Waals surface area contributed by atoms with E-state index in [4.69, 9.17) is 0 Å². The molecule has 0 spiro atoms. The molecule has 3 aliphatic heterocycles. The van der Waals surface area contributed by atoms with Gasteiger partial charge in [-0.25, -0.2) is 4.79 Å². The van der Waals surface area contributed by atoms with Crippen LogP contribution in [0.15, 0.2) is 42.6 Å². The maximum Gasteiger partial charge on any atom is 0.321 e. The highest BCUT2D eigenvalue weighted by Gasteiger charge is 2.43. The van der Waals surface area contributed by atoms with Crippen molar-refractivity contribution in [3.05, 3.63) is 65.0 Å². The predicted molar refractivity (Wildman–Crippen MR) is 146 cm³/mol. The number of aliphatic hydroxyl groups is 1. The van der Waals surface area contributed by atoms with Crippen LogP contribution in [0.25, 0.3) is 0 Å². The molecule has 1 N–H and O–H groups in total. The number of urea groups is 1. The smallest absolute Gasteiger partial charge is 0.321 e. The molecule has 0 radical (unpaired) electrons. The molecule has 2 fully saturated rings. The van der Waals surface area contributed by atoms with Gasteiger partial charge in [0.15, 0.2) is 0 Å². The third-order valence-electron chi connectivity index (χ3n) is 8.49. The summed E-state index contributed by atoms with van der Waals surface area (Å²) < 4.78 is 0. The van der Waals surface area contributed by atoms with Crippen molar-refractivity contribution in [3.8, 4) is 0 Å². The Labute approximate surface area is 226 Å². The molecule has 0 saturated carbocycles. The first-order valence-corrected chi connectivity index (χ1v) is 13.9. The molecule has 5 rings (SSSR count). The third-order valence-corrected chi connectivity index (χ3v) is 8.49. The summed E-state index contributed by atoms with van der Waals surface area (Å²) in [6, 6.07) is 12.6. The zero-order valence-electron chi connectivity index (χ0n) is 23.0. The number of hydrogen-bond acceptors (Lipinski definition) is 5. The van der Waals surface area contributed by atoms with Crippen LogP contribution in [0.3, 0.4) is 0 Å². The molecule has 1 atom stereocenters. The van der Waals surface area contributed by atoms with E-state index >= 15 is 0 Å². The summed E-state index contributed by atoms with van der Waals surface area (Å²) in [5.74, 6) is 0.568. The topological polar surface area (TPSA) is 80.2 Å². The van der Waals surface area contributed by atoms with Crippen molar-refractivity contribution >= 4 is 11.9 Å². The van der Waals surface area contributed by atoms with E-state index in [2.05, 4.69) is 54.1 Å². The predicted octanol–water partition coefficient (Wildman–Crippen LogP) is 3.24. The summed E-state index contributed by atoms with van der Waals surface area (Å²) in [5.41, 5.74) is 4.43. The molecule has 8 nitrogen and oxygen atoms in total. The first-order chi connectivity index (χ1) is 18.2. The molecular formula is C30H41N5O3. The van der Waals surface area contributed by atoms with Gasteiger partial charge in [0.1, 0.15) is 0 Å². The van der Waals surface area contributed by atoms with Crippen LogP contribution in [0.4, 0.5) is 4.79 Å². The summed E-state index contributed by atoms with van der Waals surface area (Å²) >= 11 is 0. The zero-order chi connectivity index (χ0) is 26.9. The number of likely N-dealkylation sites (tertiary alicyclic amines) is 1. The number of rotatable bonds is 7. The number of benzene rings is 1. The molecule has 8 heteroatoms. The van der Waals surface area contributed by atoms with Crippen molar-refractivity contribution in [1.29, 1.82) is 0 Å². The number of pyridine rings is 1. The fourth-order valence-electron chi connectivity index (χ4n) is 6.27. The quantitative estimate of drug-likeness (QED) is 0.608. The molecule has 3 aliphatic rings. The van der Waals surface area contributed by atoms with Gasteiger partial charge < -0.3 is 19.8 Å². The lowest BCUT2D eigenvalue weighted by molar-refractivity contribution is -0.129. The second-order valence-corrected chi connectivity index (χ2v) is 11.8. The monoisotopic (exact) mass is 519 g/mol. The molecule has 0 aliphatic carbocycles. The summed E-state index contributed by atoms with van der Waals surface area (Å²) in [4.78, 5) is 37.5. The number of amides is 3. The Balaban J connectivity index is 1.14.